The van der Waals surface area contributed by atoms with Gasteiger partial charge in [-0.3, -0.25) is 9.59 Å². The Morgan fingerprint density at radius 2 is 1.95 bits per heavy atom. The molecule has 0 atom stereocenters. The number of benzene rings is 1. The first-order valence-electron chi connectivity index (χ1n) is 6.11. The molecule has 5 nitrogen and oxygen atoms in total. The van der Waals surface area contributed by atoms with Gasteiger partial charge in [0.25, 0.3) is 0 Å². The molecule has 2 amide bonds. The first-order chi connectivity index (χ1) is 10.1. The summed E-state index contributed by atoms with van der Waals surface area (Å²) < 4.78 is 30.9. The highest BCUT2D eigenvalue weighted by molar-refractivity contribution is 6.39. The lowest BCUT2D eigenvalue weighted by molar-refractivity contribution is -0.136. The molecular formula is C14H12F2N2O3. The summed E-state index contributed by atoms with van der Waals surface area (Å²) in [6.45, 7) is 0.234. The SMILES string of the molecule is O=C(NCCc1ccoc1)C(=O)Nc1ccc(F)cc1F. The van der Waals surface area contributed by atoms with Crippen LogP contribution in [0.3, 0.4) is 0 Å². The number of anilines is 1. The van der Waals surface area contributed by atoms with Crippen LogP contribution in [0.4, 0.5) is 14.5 Å². The number of hydrogen-bond donors (Lipinski definition) is 2. The van der Waals surface area contributed by atoms with Crippen LogP contribution in [0.5, 0.6) is 0 Å². The molecule has 2 aromatic rings. The molecule has 0 saturated carbocycles. The van der Waals surface area contributed by atoms with E-state index in [-0.39, 0.29) is 12.2 Å². The van der Waals surface area contributed by atoms with Gasteiger partial charge in [0.2, 0.25) is 0 Å². The summed E-state index contributed by atoms with van der Waals surface area (Å²) in [7, 11) is 0. The fourth-order valence-electron chi connectivity index (χ4n) is 1.61. The first-order valence-corrected chi connectivity index (χ1v) is 6.11. The monoisotopic (exact) mass is 294 g/mol. The van der Waals surface area contributed by atoms with Crippen molar-refractivity contribution in [2.45, 2.75) is 6.42 Å². The number of halogens is 2. The van der Waals surface area contributed by atoms with Gasteiger partial charge in [0, 0.05) is 12.6 Å². The van der Waals surface area contributed by atoms with Crippen molar-refractivity contribution in [1.29, 1.82) is 0 Å². The van der Waals surface area contributed by atoms with Crippen molar-refractivity contribution >= 4 is 17.5 Å². The number of hydrogen-bond acceptors (Lipinski definition) is 3. The van der Waals surface area contributed by atoms with Crippen molar-refractivity contribution in [2.75, 3.05) is 11.9 Å². The van der Waals surface area contributed by atoms with E-state index in [0.29, 0.717) is 12.5 Å². The highest BCUT2D eigenvalue weighted by Gasteiger charge is 2.15. The number of rotatable bonds is 4. The third-order valence-electron chi connectivity index (χ3n) is 2.66. The van der Waals surface area contributed by atoms with E-state index in [9.17, 15) is 18.4 Å². The van der Waals surface area contributed by atoms with Gasteiger partial charge in [0.1, 0.15) is 11.6 Å². The van der Waals surface area contributed by atoms with Crippen LogP contribution >= 0.6 is 0 Å². The molecule has 0 spiro atoms. The predicted octanol–water partition coefficient (Wildman–Crippen LogP) is 1.86. The lowest BCUT2D eigenvalue weighted by atomic mass is 10.2. The lowest BCUT2D eigenvalue weighted by Crippen LogP contribution is -2.36. The van der Waals surface area contributed by atoms with Crippen LogP contribution in [-0.4, -0.2) is 18.4 Å². The standard InChI is InChI=1S/C14H12F2N2O3/c15-10-1-2-12(11(16)7-10)18-14(20)13(19)17-5-3-9-4-6-21-8-9/h1-2,4,6-8H,3,5H2,(H,17,19)(H,18,20). The Kier molecular flexibility index (Phi) is 4.65. The molecule has 0 aliphatic rings. The van der Waals surface area contributed by atoms with Gasteiger partial charge in [-0.05, 0) is 30.2 Å². The van der Waals surface area contributed by atoms with Crippen LogP contribution in [0.15, 0.2) is 41.2 Å². The summed E-state index contributed by atoms with van der Waals surface area (Å²) in [4.78, 5) is 23.1. The minimum Gasteiger partial charge on any atom is -0.472 e. The van der Waals surface area contributed by atoms with Crippen molar-refractivity contribution in [3.63, 3.8) is 0 Å². The number of furan rings is 1. The molecule has 2 rings (SSSR count). The number of amides is 2. The average molecular weight is 294 g/mol. The minimum absolute atomic E-state index is 0.234. The van der Waals surface area contributed by atoms with Crippen LogP contribution < -0.4 is 10.6 Å². The fraction of sp³-hybridized carbons (Fsp3) is 0.143. The number of carbonyl (C=O) groups excluding carboxylic acids is 2. The maximum Gasteiger partial charge on any atom is 0.313 e. The van der Waals surface area contributed by atoms with Crippen LogP contribution in [0.2, 0.25) is 0 Å². The van der Waals surface area contributed by atoms with E-state index in [1.807, 2.05) is 0 Å². The van der Waals surface area contributed by atoms with Crippen LogP contribution in [0.1, 0.15) is 5.56 Å². The third kappa shape index (κ3) is 4.13. The Hall–Kier alpha value is -2.70. The zero-order chi connectivity index (χ0) is 15.2. The van der Waals surface area contributed by atoms with Gasteiger partial charge in [0.15, 0.2) is 0 Å². The van der Waals surface area contributed by atoms with E-state index in [1.165, 1.54) is 12.5 Å². The lowest BCUT2D eigenvalue weighted by Gasteiger charge is -2.07. The molecule has 1 heterocycles. The molecule has 2 N–H and O–H groups in total. The van der Waals surface area contributed by atoms with Gasteiger partial charge in [-0.2, -0.15) is 0 Å². The maximum atomic E-state index is 13.3. The third-order valence-corrected chi connectivity index (χ3v) is 2.66. The van der Waals surface area contributed by atoms with E-state index in [2.05, 4.69) is 10.6 Å². The summed E-state index contributed by atoms with van der Waals surface area (Å²) in [5.74, 6) is -3.64. The maximum absolute atomic E-state index is 13.3. The molecule has 0 aliphatic heterocycles. The van der Waals surface area contributed by atoms with Gasteiger partial charge in [-0.1, -0.05) is 0 Å². The molecule has 0 bridgehead atoms. The topological polar surface area (TPSA) is 71.3 Å². The molecule has 0 unspecified atom stereocenters. The second-order valence-corrected chi connectivity index (χ2v) is 4.22. The largest absolute Gasteiger partial charge is 0.472 e. The molecule has 21 heavy (non-hydrogen) atoms. The molecule has 0 radical (unpaired) electrons. The molecule has 110 valence electrons. The van der Waals surface area contributed by atoms with Crippen LogP contribution in [0, 0.1) is 11.6 Å². The van der Waals surface area contributed by atoms with Crippen molar-refractivity contribution in [1.82, 2.24) is 5.32 Å². The Bertz CT molecular complexity index is 642. The molecular weight excluding hydrogens is 282 g/mol. The first kappa shape index (κ1) is 14.7. The zero-order valence-corrected chi connectivity index (χ0v) is 10.9. The molecule has 1 aromatic carbocycles. The van der Waals surface area contributed by atoms with Gasteiger partial charge in [-0.25, -0.2) is 8.78 Å². The van der Waals surface area contributed by atoms with Crippen molar-refractivity contribution in [2.24, 2.45) is 0 Å². The fourth-order valence-corrected chi connectivity index (χ4v) is 1.61. The van der Waals surface area contributed by atoms with Crippen molar-refractivity contribution in [3.05, 3.63) is 54.0 Å². The molecule has 0 aliphatic carbocycles. The van der Waals surface area contributed by atoms with Crippen molar-refractivity contribution in [3.8, 4) is 0 Å². The second kappa shape index (κ2) is 6.65. The Balaban J connectivity index is 1.83. The van der Waals surface area contributed by atoms with Crippen LogP contribution in [0.25, 0.3) is 0 Å². The summed E-state index contributed by atoms with van der Waals surface area (Å²) in [6, 6.07) is 4.38. The Morgan fingerprint density at radius 3 is 2.62 bits per heavy atom. The van der Waals surface area contributed by atoms with E-state index in [0.717, 1.165) is 17.7 Å². The van der Waals surface area contributed by atoms with Gasteiger partial charge in [0.05, 0.1) is 18.2 Å². The number of nitrogens with one attached hydrogen (secondary N) is 2. The van der Waals surface area contributed by atoms with E-state index < -0.39 is 23.4 Å². The van der Waals surface area contributed by atoms with Crippen molar-refractivity contribution < 1.29 is 22.8 Å². The van der Waals surface area contributed by atoms with E-state index >= 15 is 0 Å². The quantitative estimate of drug-likeness (QED) is 0.845. The van der Waals surface area contributed by atoms with Crippen LogP contribution in [-0.2, 0) is 16.0 Å². The highest BCUT2D eigenvalue weighted by atomic mass is 19.1. The van der Waals surface area contributed by atoms with Gasteiger partial charge >= 0.3 is 11.8 Å². The highest BCUT2D eigenvalue weighted by Crippen LogP contribution is 2.14. The molecule has 7 heteroatoms. The molecule has 0 saturated heterocycles. The molecule has 1 aromatic heterocycles. The summed E-state index contributed by atoms with van der Waals surface area (Å²) in [5, 5.41) is 4.45. The second-order valence-electron chi connectivity index (χ2n) is 4.22. The molecule has 0 fully saturated rings. The normalized spacial score (nSPS) is 10.2. The smallest absolute Gasteiger partial charge is 0.313 e. The predicted molar refractivity (Wildman–Crippen MR) is 70.4 cm³/mol. The summed E-state index contributed by atoms with van der Waals surface area (Å²) >= 11 is 0. The Labute approximate surface area is 118 Å². The zero-order valence-electron chi connectivity index (χ0n) is 10.9. The Morgan fingerprint density at radius 1 is 1.14 bits per heavy atom. The summed E-state index contributed by atoms with van der Waals surface area (Å²) in [5.41, 5.74) is 0.617. The van der Waals surface area contributed by atoms with Gasteiger partial charge in [-0.15, -0.1) is 0 Å². The number of carbonyl (C=O) groups is 2. The summed E-state index contributed by atoms with van der Waals surface area (Å²) in [6.07, 6.45) is 3.53. The van der Waals surface area contributed by atoms with E-state index in [4.69, 9.17) is 4.42 Å². The van der Waals surface area contributed by atoms with E-state index in [1.54, 1.807) is 6.07 Å². The minimum atomic E-state index is -1.02. The average Bonchev–Trinajstić information content (AvgIpc) is 2.95. The van der Waals surface area contributed by atoms with Gasteiger partial charge < -0.3 is 15.1 Å².